The summed E-state index contributed by atoms with van der Waals surface area (Å²) in [5.74, 6) is 3.20. The quantitative estimate of drug-likeness (QED) is 0.912. The minimum Gasteiger partial charge on any atom is -0.493 e. The molecule has 1 aromatic carbocycles. The number of methoxy groups -OCH3 is 2. The molecule has 1 aliphatic rings. The van der Waals surface area contributed by atoms with E-state index in [-0.39, 0.29) is 0 Å². The van der Waals surface area contributed by atoms with Crippen molar-refractivity contribution in [3.63, 3.8) is 0 Å². The van der Waals surface area contributed by atoms with Crippen LogP contribution in [0.4, 0.5) is 0 Å². The first-order valence-corrected chi connectivity index (χ1v) is 7.54. The molecule has 1 aliphatic heterocycles. The van der Waals surface area contributed by atoms with Gasteiger partial charge in [0, 0.05) is 13.0 Å². The molecule has 0 radical (unpaired) electrons. The van der Waals surface area contributed by atoms with Crippen LogP contribution < -0.4 is 14.8 Å². The van der Waals surface area contributed by atoms with Gasteiger partial charge in [0.2, 0.25) is 5.89 Å². The third-order valence-corrected chi connectivity index (χ3v) is 3.94. The number of hydrogen-bond donors (Lipinski definition) is 1. The van der Waals surface area contributed by atoms with Crippen LogP contribution >= 0.6 is 0 Å². The molecule has 1 unspecified atom stereocenters. The predicted molar refractivity (Wildman–Crippen MR) is 81.5 cm³/mol. The second-order valence-electron chi connectivity index (χ2n) is 5.46. The van der Waals surface area contributed by atoms with Crippen LogP contribution in [0.25, 0.3) is 0 Å². The number of nitrogens with one attached hydrogen (secondary N) is 1. The van der Waals surface area contributed by atoms with E-state index >= 15 is 0 Å². The summed E-state index contributed by atoms with van der Waals surface area (Å²) < 4.78 is 16.0. The standard InChI is InChI=1S/C16H21N3O3/c1-20-13-6-5-11(8-14(13)21-2)9-15-18-16(22-19-15)12-4-3-7-17-10-12/h5-6,8,12,17H,3-4,7,9-10H2,1-2H3. The molecule has 1 aromatic heterocycles. The van der Waals surface area contributed by atoms with Crippen molar-refractivity contribution < 1.29 is 14.0 Å². The van der Waals surface area contributed by atoms with Crippen LogP contribution in [0.2, 0.25) is 0 Å². The van der Waals surface area contributed by atoms with Crippen LogP contribution in [-0.2, 0) is 6.42 Å². The lowest BCUT2D eigenvalue weighted by Crippen LogP contribution is -2.28. The van der Waals surface area contributed by atoms with Crippen LogP contribution in [-0.4, -0.2) is 37.4 Å². The molecule has 0 amide bonds. The topological polar surface area (TPSA) is 69.4 Å². The van der Waals surface area contributed by atoms with Crippen molar-refractivity contribution in [1.82, 2.24) is 15.5 Å². The summed E-state index contributed by atoms with van der Waals surface area (Å²) in [6.45, 7) is 1.99. The molecule has 6 heteroatoms. The van der Waals surface area contributed by atoms with Crippen molar-refractivity contribution in [3.8, 4) is 11.5 Å². The molecule has 0 spiro atoms. The van der Waals surface area contributed by atoms with E-state index in [2.05, 4.69) is 15.5 Å². The number of nitrogens with zero attached hydrogens (tertiary/aromatic N) is 2. The Morgan fingerprint density at radius 1 is 1.27 bits per heavy atom. The number of piperidine rings is 1. The van der Waals surface area contributed by atoms with Gasteiger partial charge in [-0.3, -0.25) is 0 Å². The van der Waals surface area contributed by atoms with Crippen LogP contribution in [0, 0.1) is 0 Å². The molecule has 0 saturated carbocycles. The third-order valence-electron chi connectivity index (χ3n) is 3.94. The first-order valence-electron chi connectivity index (χ1n) is 7.54. The second-order valence-corrected chi connectivity index (χ2v) is 5.46. The largest absolute Gasteiger partial charge is 0.493 e. The van der Waals surface area contributed by atoms with Crippen LogP contribution in [0.15, 0.2) is 22.7 Å². The van der Waals surface area contributed by atoms with Gasteiger partial charge >= 0.3 is 0 Å². The Hall–Kier alpha value is -2.08. The summed E-state index contributed by atoms with van der Waals surface area (Å²) in [5.41, 5.74) is 1.06. The normalized spacial score (nSPS) is 18.2. The highest BCUT2D eigenvalue weighted by Gasteiger charge is 2.21. The Morgan fingerprint density at radius 3 is 2.86 bits per heavy atom. The molecule has 1 atom stereocenters. The minimum absolute atomic E-state index is 0.334. The Bertz CT molecular complexity index is 621. The van der Waals surface area contributed by atoms with E-state index in [0.29, 0.717) is 29.7 Å². The first-order chi connectivity index (χ1) is 10.8. The lowest BCUT2D eigenvalue weighted by Gasteiger charge is -2.18. The van der Waals surface area contributed by atoms with Gasteiger partial charge in [-0.2, -0.15) is 4.98 Å². The maximum absolute atomic E-state index is 5.42. The predicted octanol–water partition coefficient (Wildman–Crippen LogP) is 2.14. The summed E-state index contributed by atoms with van der Waals surface area (Å²) in [6.07, 6.45) is 2.87. The SMILES string of the molecule is COc1ccc(Cc2noc(C3CCCNC3)n2)cc1OC. The molecular formula is C16H21N3O3. The van der Waals surface area contributed by atoms with Gasteiger partial charge in [-0.25, -0.2) is 0 Å². The molecule has 118 valence electrons. The van der Waals surface area contributed by atoms with Gasteiger partial charge in [-0.15, -0.1) is 0 Å². The number of benzene rings is 1. The monoisotopic (exact) mass is 303 g/mol. The zero-order chi connectivity index (χ0) is 15.4. The molecule has 2 aromatic rings. The summed E-state index contributed by atoms with van der Waals surface area (Å²) in [7, 11) is 3.26. The van der Waals surface area contributed by atoms with E-state index in [1.165, 1.54) is 0 Å². The van der Waals surface area contributed by atoms with Crippen molar-refractivity contribution in [2.75, 3.05) is 27.3 Å². The molecule has 0 bridgehead atoms. The molecule has 0 aliphatic carbocycles. The fraction of sp³-hybridized carbons (Fsp3) is 0.500. The highest BCUT2D eigenvalue weighted by atomic mass is 16.5. The van der Waals surface area contributed by atoms with E-state index in [1.54, 1.807) is 14.2 Å². The van der Waals surface area contributed by atoms with Crippen molar-refractivity contribution in [2.45, 2.75) is 25.2 Å². The van der Waals surface area contributed by atoms with Crippen molar-refractivity contribution >= 4 is 0 Å². The van der Waals surface area contributed by atoms with Gasteiger partial charge in [0.15, 0.2) is 17.3 Å². The van der Waals surface area contributed by atoms with E-state index in [1.807, 2.05) is 18.2 Å². The van der Waals surface area contributed by atoms with Crippen molar-refractivity contribution in [1.29, 1.82) is 0 Å². The van der Waals surface area contributed by atoms with Crippen LogP contribution in [0.1, 0.15) is 36.0 Å². The van der Waals surface area contributed by atoms with Gasteiger partial charge in [0.25, 0.3) is 0 Å². The molecule has 22 heavy (non-hydrogen) atoms. The number of rotatable bonds is 5. The highest BCUT2D eigenvalue weighted by molar-refractivity contribution is 5.43. The van der Waals surface area contributed by atoms with Crippen molar-refractivity contribution in [2.24, 2.45) is 0 Å². The summed E-state index contributed by atoms with van der Waals surface area (Å²) in [5, 5.41) is 7.46. The van der Waals surface area contributed by atoms with Gasteiger partial charge in [0.05, 0.1) is 20.1 Å². The second kappa shape index (κ2) is 6.79. The summed E-state index contributed by atoms with van der Waals surface area (Å²) >= 11 is 0. The average Bonchev–Trinajstić information content (AvgIpc) is 3.04. The lowest BCUT2D eigenvalue weighted by atomic mass is 10.00. The Balaban J connectivity index is 1.72. The Kier molecular flexibility index (Phi) is 4.58. The molecule has 6 nitrogen and oxygen atoms in total. The number of hydrogen-bond acceptors (Lipinski definition) is 6. The van der Waals surface area contributed by atoms with Gasteiger partial charge in [0.1, 0.15) is 0 Å². The lowest BCUT2D eigenvalue weighted by molar-refractivity contribution is 0.320. The molecule has 1 saturated heterocycles. The van der Waals surface area contributed by atoms with E-state index < -0.39 is 0 Å². The average molecular weight is 303 g/mol. The Morgan fingerprint density at radius 2 is 2.14 bits per heavy atom. The minimum atomic E-state index is 0.334. The third kappa shape index (κ3) is 3.22. The highest BCUT2D eigenvalue weighted by Crippen LogP contribution is 2.28. The fourth-order valence-electron chi connectivity index (χ4n) is 2.74. The maximum Gasteiger partial charge on any atom is 0.231 e. The zero-order valence-corrected chi connectivity index (χ0v) is 13.0. The van der Waals surface area contributed by atoms with Crippen LogP contribution in [0.3, 0.4) is 0 Å². The van der Waals surface area contributed by atoms with E-state index in [4.69, 9.17) is 14.0 Å². The number of ether oxygens (including phenoxy) is 2. The molecular weight excluding hydrogens is 282 g/mol. The van der Waals surface area contributed by atoms with E-state index in [0.717, 1.165) is 37.4 Å². The van der Waals surface area contributed by atoms with Gasteiger partial charge < -0.3 is 19.3 Å². The molecule has 1 fully saturated rings. The maximum atomic E-state index is 5.42. The van der Waals surface area contributed by atoms with Crippen LogP contribution in [0.5, 0.6) is 11.5 Å². The fourth-order valence-corrected chi connectivity index (χ4v) is 2.74. The smallest absolute Gasteiger partial charge is 0.231 e. The number of aromatic nitrogens is 2. The van der Waals surface area contributed by atoms with Gasteiger partial charge in [-0.1, -0.05) is 11.2 Å². The zero-order valence-electron chi connectivity index (χ0n) is 13.0. The summed E-state index contributed by atoms with van der Waals surface area (Å²) in [4.78, 5) is 4.54. The van der Waals surface area contributed by atoms with E-state index in [9.17, 15) is 0 Å². The first kappa shape index (κ1) is 14.8. The Labute approximate surface area is 129 Å². The summed E-state index contributed by atoms with van der Waals surface area (Å²) in [6, 6.07) is 5.82. The molecule has 1 N–H and O–H groups in total. The molecule has 2 heterocycles. The van der Waals surface area contributed by atoms with Crippen molar-refractivity contribution in [3.05, 3.63) is 35.5 Å². The van der Waals surface area contributed by atoms with Gasteiger partial charge in [-0.05, 0) is 37.1 Å². The molecule has 3 rings (SSSR count).